The largest absolute Gasteiger partial charge is 0.478 e. The number of aromatic carboxylic acids is 1. The fourth-order valence-corrected chi connectivity index (χ4v) is 2.49. The molecule has 0 saturated heterocycles. The molecule has 0 fully saturated rings. The maximum absolute atomic E-state index is 11.2. The predicted molar refractivity (Wildman–Crippen MR) is 83.6 cm³/mol. The zero-order valence-electron chi connectivity index (χ0n) is 10.6. The van der Waals surface area contributed by atoms with E-state index in [1.807, 2.05) is 36.4 Å². The molecular weight excluding hydrogens is 268 g/mol. The first-order chi connectivity index (χ1) is 9.65. The lowest BCUT2D eigenvalue weighted by Crippen LogP contribution is -1.98. The quantitative estimate of drug-likeness (QED) is 0.678. The molecule has 3 rings (SSSR count). The second-order valence-corrected chi connectivity index (χ2v) is 5.08. The smallest absolute Gasteiger partial charge is 0.336 e. The van der Waals surface area contributed by atoms with Gasteiger partial charge in [-0.05, 0) is 40.1 Å². The van der Waals surface area contributed by atoms with Crippen LogP contribution < -0.4 is 0 Å². The SMILES string of the molecule is O=C(O)c1cc(-c2ccc3ccccc3c2)ccc1S. The number of carboxylic acids is 1. The van der Waals surface area contributed by atoms with Crippen molar-refractivity contribution in [2.24, 2.45) is 0 Å². The van der Waals surface area contributed by atoms with Gasteiger partial charge in [0, 0.05) is 4.90 Å². The maximum Gasteiger partial charge on any atom is 0.336 e. The van der Waals surface area contributed by atoms with E-state index in [-0.39, 0.29) is 5.56 Å². The predicted octanol–water partition coefficient (Wildman–Crippen LogP) is 4.49. The van der Waals surface area contributed by atoms with Gasteiger partial charge in [0.15, 0.2) is 0 Å². The van der Waals surface area contributed by atoms with Gasteiger partial charge in [-0.3, -0.25) is 0 Å². The van der Waals surface area contributed by atoms with Crippen molar-refractivity contribution in [2.45, 2.75) is 4.90 Å². The zero-order valence-corrected chi connectivity index (χ0v) is 11.5. The van der Waals surface area contributed by atoms with Gasteiger partial charge in [-0.25, -0.2) is 4.79 Å². The summed E-state index contributed by atoms with van der Waals surface area (Å²) >= 11 is 4.18. The first kappa shape index (κ1) is 12.8. The highest BCUT2D eigenvalue weighted by molar-refractivity contribution is 7.80. The third-order valence-corrected chi connectivity index (χ3v) is 3.70. The van der Waals surface area contributed by atoms with E-state index in [1.165, 1.54) is 5.39 Å². The molecule has 0 heterocycles. The first-order valence-corrected chi connectivity index (χ1v) is 6.65. The number of rotatable bonds is 2. The molecule has 3 heteroatoms. The summed E-state index contributed by atoms with van der Waals surface area (Å²) in [6.45, 7) is 0. The van der Waals surface area contributed by atoms with Crippen molar-refractivity contribution in [1.82, 2.24) is 0 Å². The summed E-state index contributed by atoms with van der Waals surface area (Å²) in [4.78, 5) is 11.6. The number of fused-ring (bicyclic) bond motifs is 1. The molecular formula is C17H12O2S. The Kier molecular flexibility index (Phi) is 3.20. The number of thiol groups is 1. The highest BCUT2D eigenvalue weighted by atomic mass is 32.1. The molecule has 0 radical (unpaired) electrons. The molecule has 3 aromatic carbocycles. The number of hydrogen-bond acceptors (Lipinski definition) is 2. The van der Waals surface area contributed by atoms with E-state index >= 15 is 0 Å². The van der Waals surface area contributed by atoms with Crippen LogP contribution in [-0.2, 0) is 0 Å². The Bertz CT molecular complexity index is 809. The molecule has 0 aliphatic heterocycles. The summed E-state index contributed by atoms with van der Waals surface area (Å²) in [5, 5.41) is 11.5. The monoisotopic (exact) mass is 280 g/mol. The Morgan fingerprint density at radius 3 is 2.25 bits per heavy atom. The fraction of sp³-hybridized carbons (Fsp3) is 0. The zero-order chi connectivity index (χ0) is 14.1. The van der Waals surface area contributed by atoms with Crippen LogP contribution >= 0.6 is 12.6 Å². The molecule has 2 nitrogen and oxygen atoms in total. The third-order valence-electron chi connectivity index (χ3n) is 3.31. The van der Waals surface area contributed by atoms with Crippen molar-refractivity contribution in [3.8, 4) is 11.1 Å². The highest BCUT2D eigenvalue weighted by Gasteiger charge is 2.09. The molecule has 0 spiro atoms. The lowest BCUT2D eigenvalue weighted by molar-refractivity contribution is 0.0693. The Labute approximate surface area is 122 Å². The standard InChI is InChI=1S/C17H12O2S/c18-17(19)15-10-14(7-8-16(15)20)13-6-5-11-3-1-2-4-12(11)9-13/h1-10,20H,(H,18,19). The van der Waals surface area contributed by atoms with E-state index in [0.29, 0.717) is 4.90 Å². The Morgan fingerprint density at radius 2 is 1.50 bits per heavy atom. The molecule has 98 valence electrons. The van der Waals surface area contributed by atoms with Crippen molar-refractivity contribution in [3.63, 3.8) is 0 Å². The average Bonchev–Trinajstić information content (AvgIpc) is 2.47. The number of hydrogen-bond donors (Lipinski definition) is 2. The molecule has 0 bridgehead atoms. The van der Waals surface area contributed by atoms with E-state index in [9.17, 15) is 4.79 Å². The minimum Gasteiger partial charge on any atom is -0.478 e. The lowest BCUT2D eigenvalue weighted by Gasteiger charge is -2.07. The molecule has 1 N–H and O–H groups in total. The van der Waals surface area contributed by atoms with Crippen molar-refractivity contribution in [1.29, 1.82) is 0 Å². The van der Waals surface area contributed by atoms with Gasteiger partial charge < -0.3 is 5.11 Å². The van der Waals surface area contributed by atoms with Gasteiger partial charge in [0.05, 0.1) is 5.56 Å². The molecule has 3 aromatic rings. The second kappa shape index (κ2) is 5.02. The topological polar surface area (TPSA) is 37.3 Å². The Hall–Kier alpha value is -2.26. The van der Waals surface area contributed by atoms with Crippen LogP contribution in [0.4, 0.5) is 0 Å². The second-order valence-electron chi connectivity index (χ2n) is 4.60. The summed E-state index contributed by atoms with van der Waals surface area (Å²) in [5.74, 6) is -0.961. The van der Waals surface area contributed by atoms with Crippen LogP contribution in [0.25, 0.3) is 21.9 Å². The summed E-state index contributed by atoms with van der Waals surface area (Å²) in [7, 11) is 0. The van der Waals surface area contributed by atoms with Gasteiger partial charge in [-0.15, -0.1) is 12.6 Å². The maximum atomic E-state index is 11.2. The van der Waals surface area contributed by atoms with Crippen LogP contribution in [0.2, 0.25) is 0 Å². The number of benzene rings is 3. The molecule has 0 unspecified atom stereocenters. The molecule has 0 aliphatic rings. The summed E-state index contributed by atoms with van der Waals surface area (Å²) in [6.07, 6.45) is 0. The molecule has 0 atom stereocenters. The first-order valence-electron chi connectivity index (χ1n) is 6.20. The number of carbonyl (C=O) groups is 1. The molecule has 0 aliphatic carbocycles. The van der Waals surface area contributed by atoms with Gasteiger partial charge in [-0.2, -0.15) is 0 Å². The van der Waals surface area contributed by atoms with Gasteiger partial charge in [0.25, 0.3) is 0 Å². The normalized spacial score (nSPS) is 10.7. The van der Waals surface area contributed by atoms with Gasteiger partial charge in [-0.1, -0.05) is 42.5 Å². The Morgan fingerprint density at radius 1 is 0.850 bits per heavy atom. The average molecular weight is 280 g/mol. The van der Waals surface area contributed by atoms with E-state index in [4.69, 9.17) is 5.11 Å². The van der Waals surface area contributed by atoms with Crippen LogP contribution in [0.3, 0.4) is 0 Å². The van der Waals surface area contributed by atoms with Crippen molar-refractivity contribution in [3.05, 3.63) is 66.2 Å². The minimum atomic E-state index is -0.961. The molecule has 0 saturated carbocycles. The van der Waals surface area contributed by atoms with Gasteiger partial charge in [0.2, 0.25) is 0 Å². The third kappa shape index (κ3) is 2.28. The molecule has 0 aromatic heterocycles. The van der Waals surface area contributed by atoms with Crippen molar-refractivity contribution < 1.29 is 9.90 Å². The van der Waals surface area contributed by atoms with E-state index < -0.39 is 5.97 Å². The van der Waals surface area contributed by atoms with Crippen LogP contribution in [0.1, 0.15) is 10.4 Å². The van der Waals surface area contributed by atoms with Gasteiger partial charge in [0.1, 0.15) is 0 Å². The summed E-state index contributed by atoms with van der Waals surface area (Å²) in [5.41, 5.74) is 2.10. The van der Waals surface area contributed by atoms with E-state index in [0.717, 1.165) is 16.5 Å². The van der Waals surface area contributed by atoms with E-state index in [2.05, 4.69) is 24.8 Å². The van der Waals surface area contributed by atoms with Crippen LogP contribution in [0.5, 0.6) is 0 Å². The van der Waals surface area contributed by atoms with E-state index in [1.54, 1.807) is 12.1 Å². The highest BCUT2D eigenvalue weighted by Crippen LogP contribution is 2.27. The fourth-order valence-electron chi connectivity index (χ4n) is 2.26. The summed E-state index contributed by atoms with van der Waals surface area (Å²) in [6, 6.07) is 19.5. The van der Waals surface area contributed by atoms with Crippen molar-refractivity contribution >= 4 is 29.4 Å². The van der Waals surface area contributed by atoms with Crippen LogP contribution in [0.15, 0.2) is 65.6 Å². The minimum absolute atomic E-state index is 0.221. The van der Waals surface area contributed by atoms with Gasteiger partial charge >= 0.3 is 5.97 Å². The Balaban J connectivity index is 2.15. The van der Waals surface area contributed by atoms with Crippen LogP contribution in [-0.4, -0.2) is 11.1 Å². The van der Waals surface area contributed by atoms with Crippen LogP contribution in [0, 0.1) is 0 Å². The molecule has 20 heavy (non-hydrogen) atoms. The summed E-state index contributed by atoms with van der Waals surface area (Å²) < 4.78 is 0. The lowest BCUT2D eigenvalue weighted by atomic mass is 10.00. The van der Waals surface area contributed by atoms with Crippen molar-refractivity contribution in [2.75, 3.05) is 0 Å². The molecule has 0 amide bonds. The number of carboxylic acid groups (broad SMARTS) is 1.